The Hall–Kier alpha value is -1.63. The van der Waals surface area contributed by atoms with E-state index in [2.05, 4.69) is 10.6 Å². The van der Waals surface area contributed by atoms with Gasteiger partial charge in [-0.3, -0.25) is 14.9 Å². The molecule has 0 saturated carbocycles. The molecule has 3 amide bonds. The number of hydrogen-bond acceptors (Lipinski definition) is 4. The molecule has 0 aliphatic carbocycles. The minimum atomic E-state index is -0.481. The van der Waals surface area contributed by atoms with Crippen LogP contribution in [-0.4, -0.2) is 49.7 Å². The molecule has 1 saturated heterocycles. The zero-order valence-corrected chi connectivity index (χ0v) is 13.9. The predicted octanol–water partition coefficient (Wildman–Crippen LogP) is -0.533. The Morgan fingerprint density at radius 1 is 1.27 bits per heavy atom. The summed E-state index contributed by atoms with van der Waals surface area (Å²) in [4.78, 5) is 36.6. The number of rotatable bonds is 5. The van der Waals surface area contributed by atoms with E-state index >= 15 is 0 Å². The topological polar surface area (TPSA) is 88.9 Å². The molecule has 1 heterocycles. The zero-order chi connectivity index (χ0) is 16.7. The summed E-state index contributed by atoms with van der Waals surface area (Å²) in [5, 5.41) is 4.97. The summed E-state index contributed by atoms with van der Waals surface area (Å²) in [6.45, 7) is 8.97. The summed E-state index contributed by atoms with van der Waals surface area (Å²) < 4.78 is 5.06. The summed E-state index contributed by atoms with van der Waals surface area (Å²) >= 11 is 0. The van der Waals surface area contributed by atoms with E-state index in [0.29, 0.717) is 13.2 Å². The van der Waals surface area contributed by atoms with Crippen molar-refractivity contribution in [2.45, 2.75) is 52.6 Å². The second-order valence-corrected chi connectivity index (χ2v) is 6.04. The smallest absolute Gasteiger partial charge is 0.321 e. The Kier molecular flexibility index (Phi) is 7.31. The number of urea groups is 1. The van der Waals surface area contributed by atoms with Gasteiger partial charge in [-0.2, -0.15) is 0 Å². The molecule has 3 N–H and O–H groups in total. The lowest BCUT2D eigenvalue weighted by molar-refractivity contribution is -0.921. The molecule has 0 aromatic heterocycles. The summed E-state index contributed by atoms with van der Waals surface area (Å²) in [6.07, 6.45) is 1.67. The first kappa shape index (κ1) is 18.4. The Morgan fingerprint density at radius 3 is 2.55 bits per heavy atom. The molecule has 22 heavy (non-hydrogen) atoms. The van der Waals surface area contributed by atoms with Gasteiger partial charge in [-0.1, -0.05) is 0 Å². The molecule has 1 rings (SSSR count). The molecule has 1 aliphatic heterocycles. The van der Waals surface area contributed by atoms with Crippen LogP contribution in [0.2, 0.25) is 0 Å². The van der Waals surface area contributed by atoms with Crippen molar-refractivity contribution in [3.63, 3.8) is 0 Å². The van der Waals surface area contributed by atoms with Gasteiger partial charge >= 0.3 is 12.0 Å². The summed E-state index contributed by atoms with van der Waals surface area (Å²) in [6, 6.07) is -0.890. The minimum Gasteiger partial charge on any atom is -0.466 e. The number of ether oxygens (including phenoxy) is 1. The van der Waals surface area contributed by atoms with Gasteiger partial charge in [0.05, 0.1) is 19.7 Å². The molecule has 1 aliphatic rings. The van der Waals surface area contributed by atoms with Crippen molar-refractivity contribution in [3.05, 3.63) is 0 Å². The number of imide groups is 1. The van der Waals surface area contributed by atoms with Crippen LogP contribution in [0.25, 0.3) is 0 Å². The number of hydrogen-bond donors (Lipinski definition) is 3. The van der Waals surface area contributed by atoms with Crippen molar-refractivity contribution in [2.24, 2.45) is 5.92 Å². The molecule has 3 atom stereocenters. The Morgan fingerprint density at radius 2 is 1.95 bits per heavy atom. The van der Waals surface area contributed by atoms with Crippen molar-refractivity contribution in [2.75, 3.05) is 19.7 Å². The molecule has 0 aromatic carbocycles. The van der Waals surface area contributed by atoms with E-state index in [1.54, 1.807) is 13.8 Å². The van der Waals surface area contributed by atoms with E-state index in [1.807, 2.05) is 13.8 Å². The first-order chi connectivity index (χ1) is 10.3. The van der Waals surface area contributed by atoms with Crippen molar-refractivity contribution < 1.29 is 24.0 Å². The molecule has 1 unspecified atom stereocenters. The number of esters is 1. The molecular weight excluding hydrogens is 286 g/mol. The first-order valence-corrected chi connectivity index (χ1v) is 7.97. The molecule has 0 aromatic rings. The lowest BCUT2D eigenvalue weighted by Gasteiger charge is -2.32. The third-order valence-electron chi connectivity index (χ3n) is 3.84. The predicted molar refractivity (Wildman–Crippen MR) is 81.3 cm³/mol. The fourth-order valence-electron chi connectivity index (χ4n) is 2.65. The lowest BCUT2D eigenvalue weighted by atomic mass is 9.97. The normalized spacial score (nSPS) is 22.8. The summed E-state index contributed by atoms with van der Waals surface area (Å²) in [5.41, 5.74) is 0. The van der Waals surface area contributed by atoms with Crippen LogP contribution in [-0.2, 0) is 14.3 Å². The number of amides is 3. The van der Waals surface area contributed by atoms with Gasteiger partial charge in [-0.15, -0.1) is 0 Å². The van der Waals surface area contributed by atoms with Crippen LogP contribution < -0.4 is 15.5 Å². The molecule has 0 spiro atoms. The van der Waals surface area contributed by atoms with E-state index in [0.717, 1.165) is 24.3 Å². The number of likely N-dealkylation sites (tertiary alicyclic amines) is 1. The highest BCUT2D eigenvalue weighted by molar-refractivity contribution is 5.96. The highest BCUT2D eigenvalue weighted by atomic mass is 16.5. The number of carbonyl (C=O) groups is 3. The maximum atomic E-state index is 12.1. The van der Waals surface area contributed by atoms with Crippen LogP contribution in [0.4, 0.5) is 4.79 Å². The molecule has 0 radical (unpaired) electrons. The first-order valence-electron chi connectivity index (χ1n) is 7.97. The quantitative estimate of drug-likeness (QED) is 0.595. The van der Waals surface area contributed by atoms with E-state index in [-0.39, 0.29) is 29.9 Å². The summed E-state index contributed by atoms with van der Waals surface area (Å²) in [5.74, 6) is -0.675. The van der Waals surface area contributed by atoms with Crippen LogP contribution in [0.15, 0.2) is 0 Å². The zero-order valence-electron chi connectivity index (χ0n) is 13.9. The van der Waals surface area contributed by atoms with Gasteiger partial charge in [0.25, 0.3) is 5.91 Å². The molecule has 7 nitrogen and oxygen atoms in total. The fourth-order valence-corrected chi connectivity index (χ4v) is 2.65. The largest absolute Gasteiger partial charge is 0.466 e. The Labute approximate surface area is 131 Å². The van der Waals surface area contributed by atoms with Crippen LogP contribution >= 0.6 is 0 Å². The Balaban J connectivity index is 2.53. The number of piperidine rings is 1. The second kappa shape index (κ2) is 8.73. The minimum absolute atomic E-state index is 0.0290. The standard InChI is InChI=1S/C15H27N3O4/c1-5-22-14(20)12-7-6-8-18(9-12)11(4)13(19)17-15(21)16-10(2)3/h10-12H,5-9H2,1-4H3,(H2,16,17,19,21)/p+1/t11-,12+/m0/s1. The molecule has 1 fully saturated rings. The van der Waals surface area contributed by atoms with Gasteiger partial charge in [-0.05, 0) is 40.5 Å². The van der Waals surface area contributed by atoms with Gasteiger partial charge in [0, 0.05) is 6.04 Å². The second-order valence-electron chi connectivity index (χ2n) is 6.04. The highest BCUT2D eigenvalue weighted by Gasteiger charge is 2.35. The average Bonchev–Trinajstić information content (AvgIpc) is 2.45. The fraction of sp³-hybridized carbons (Fsp3) is 0.800. The maximum absolute atomic E-state index is 12.1. The highest BCUT2D eigenvalue weighted by Crippen LogP contribution is 2.09. The van der Waals surface area contributed by atoms with Crippen LogP contribution in [0.3, 0.4) is 0 Å². The SMILES string of the molecule is CCOC(=O)[C@@H]1CCC[NH+]([C@@H](C)C(=O)NC(=O)NC(C)C)C1. The van der Waals surface area contributed by atoms with E-state index in [9.17, 15) is 14.4 Å². The van der Waals surface area contributed by atoms with Crippen LogP contribution in [0, 0.1) is 5.92 Å². The molecule has 126 valence electrons. The van der Waals surface area contributed by atoms with Gasteiger partial charge in [-0.25, -0.2) is 4.79 Å². The molecular formula is C15H28N3O4+. The number of carbonyl (C=O) groups excluding carboxylic acids is 3. The third kappa shape index (κ3) is 5.63. The molecule has 0 bridgehead atoms. The van der Waals surface area contributed by atoms with Crippen LogP contribution in [0.1, 0.15) is 40.5 Å². The monoisotopic (exact) mass is 314 g/mol. The third-order valence-corrected chi connectivity index (χ3v) is 3.84. The van der Waals surface area contributed by atoms with Gasteiger partial charge < -0.3 is 15.0 Å². The van der Waals surface area contributed by atoms with Gasteiger partial charge in [0.15, 0.2) is 6.04 Å². The molecule has 7 heteroatoms. The van der Waals surface area contributed by atoms with E-state index in [4.69, 9.17) is 4.74 Å². The van der Waals surface area contributed by atoms with Gasteiger partial charge in [0.2, 0.25) is 0 Å². The van der Waals surface area contributed by atoms with Crippen molar-refractivity contribution in [1.29, 1.82) is 0 Å². The number of quaternary nitrogens is 1. The van der Waals surface area contributed by atoms with Crippen molar-refractivity contribution >= 4 is 17.9 Å². The maximum Gasteiger partial charge on any atom is 0.321 e. The average molecular weight is 314 g/mol. The summed E-state index contributed by atoms with van der Waals surface area (Å²) in [7, 11) is 0. The van der Waals surface area contributed by atoms with E-state index < -0.39 is 6.03 Å². The Bertz CT molecular complexity index is 412. The van der Waals surface area contributed by atoms with Crippen molar-refractivity contribution in [3.8, 4) is 0 Å². The lowest BCUT2D eigenvalue weighted by Crippen LogP contribution is -3.18. The van der Waals surface area contributed by atoms with Crippen molar-refractivity contribution in [1.82, 2.24) is 10.6 Å². The number of nitrogens with one attached hydrogen (secondary N) is 3. The van der Waals surface area contributed by atoms with Crippen LogP contribution in [0.5, 0.6) is 0 Å². The van der Waals surface area contributed by atoms with Gasteiger partial charge in [0.1, 0.15) is 5.92 Å². The van der Waals surface area contributed by atoms with E-state index in [1.165, 1.54) is 0 Å².